The zero-order valence-electron chi connectivity index (χ0n) is 13.9. The molecule has 0 radical (unpaired) electrons. The first-order chi connectivity index (χ1) is 11.8. The van der Waals surface area contributed by atoms with E-state index in [4.69, 9.17) is 0 Å². The van der Waals surface area contributed by atoms with E-state index in [1.54, 1.807) is 0 Å². The first kappa shape index (κ1) is 15.0. The molecular weight excluding hydrogens is 296 g/mol. The minimum Gasteiger partial charge on any atom is -0.358 e. The molecule has 1 atom stereocenters. The molecule has 3 aromatic rings. The van der Waals surface area contributed by atoms with E-state index >= 15 is 0 Å². The molecule has 1 aromatic heterocycles. The monoisotopic (exact) mass is 318 g/mol. The van der Waals surface area contributed by atoms with Gasteiger partial charge in [-0.1, -0.05) is 43.3 Å². The molecule has 1 heterocycles. The molecule has 1 unspecified atom stereocenters. The van der Waals surface area contributed by atoms with Crippen molar-refractivity contribution in [2.75, 3.05) is 5.32 Å². The van der Waals surface area contributed by atoms with Crippen LogP contribution in [-0.2, 0) is 24.1 Å². The van der Waals surface area contributed by atoms with Gasteiger partial charge in [-0.2, -0.15) is 0 Å². The van der Waals surface area contributed by atoms with Gasteiger partial charge in [-0.25, -0.2) is 0 Å². The molecule has 0 aliphatic heterocycles. The van der Waals surface area contributed by atoms with Crippen molar-refractivity contribution in [3.63, 3.8) is 0 Å². The first-order valence-corrected chi connectivity index (χ1v) is 8.73. The highest BCUT2D eigenvalue weighted by molar-refractivity contribution is 5.94. The Morgan fingerprint density at radius 2 is 1.96 bits per heavy atom. The van der Waals surface area contributed by atoms with Crippen molar-refractivity contribution in [1.82, 2.24) is 4.98 Å². The lowest BCUT2D eigenvalue weighted by molar-refractivity contribution is -0.120. The van der Waals surface area contributed by atoms with Crippen LogP contribution in [0, 0.1) is 5.92 Å². The summed E-state index contributed by atoms with van der Waals surface area (Å²) in [6.45, 7) is 2.11. The summed E-state index contributed by atoms with van der Waals surface area (Å²) in [6.07, 6.45) is 3.59. The van der Waals surface area contributed by atoms with Crippen LogP contribution in [0.15, 0.2) is 48.5 Å². The van der Waals surface area contributed by atoms with Crippen LogP contribution in [-0.4, -0.2) is 10.9 Å². The highest BCUT2D eigenvalue weighted by atomic mass is 16.1. The first-order valence-electron chi connectivity index (χ1n) is 8.73. The summed E-state index contributed by atoms with van der Waals surface area (Å²) in [6, 6.07) is 16.5. The van der Waals surface area contributed by atoms with Crippen LogP contribution in [0.2, 0.25) is 0 Å². The van der Waals surface area contributed by atoms with Crippen molar-refractivity contribution < 1.29 is 4.79 Å². The number of carbonyl (C=O) groups excluding carboxylic acids is 1. The third kappa shape index (κ3) is 2.60. The molecule has 4 rings (SSSR count). The molecule has 2 aromatic carbocycles. The van der Waals surface area contributed by atoms with Crippen molar-refractivity contribution in [3.8, 4) is 0 Å². The molecule has 122 valence electrons. The summed E-state index contributed by atoms with van der Waals surface area (Å²) in [5, 5.41) is 4.42. The molecule has 2 N–H and O–H groups in total. The molecule has 0 saturated heterocycles. The molecule has 1 aliphatic carbocycles. The Kier molecular flexibility index (Phi) is 3.85. The van der Waals surface area contributed by atoms with Crippen molar-refractivity contribution in [2.24, 2.45) is 5.92 Å². The number of para-hydroxylation sites is 2. The van der Waals surface area contributed by atoms with Crippen molar-refractivity contribution in [3.05, 3.63) is 65.4 Å². The van der Waals surface area contributed by atoms with Crippen LogP contribution in [0.25, 0.3) is 10.9 Å². The number of aromatic nitrogens is 1. The minimum atomic E-state index is 0.0432. The van der Waals surface area contributed by atoms with Crippen LogP contribution in [0.4, 0.5) is 5.69 Å². The van der Waals surface area contributed by atoms with E-state index in [0.717, 1.165) is 31.4 Å². The third-order valence-electron chi connectivity index (χ3n) is 5.12. The predicted octanol–water partition coefficient (Wildman–Crippen LogP) is 4.47. The number of anilines is 1. The lowest BCUT2D eigenvalue weighted by Crippen LogP contribution is -2.28. The van der Waals surface area contributed by atoms with Crippen LogP contribution >= 0.6 is 0 Å². The number of fused-ring (bicyclic) bond motifs is 3. The van der Waals surface area contributed by atoms with E-state index in [-0.39, 0.29) is 11.8 Å². The summed E-state index contributed by atoms with van der Waals surface area (Å²) < 4.78 is 0. The average molecular weight is 318 g/mol. The summed E-state index contributed by atoms with van der Waals surface area (Å²) in [5.41, 5.74) is 5.94. The van der Waals surface area contributed by atoms with Crippen LogP contribution in [0.1, 0.15) is 30.2 Å². The van der Waals surface area contributed by atoms with Gasteiger partial charge in [0, 0.05) is 28.2 Å². The Morgan fingerprint density at radius 3 is 2.83 bits per heavy atom. The molecular formula is C21H22N2O. The Morgan fingerprint density at radius 1 is 1.17 bits per heavy atom. The predicted molar refractivity (Wildman–Crippen MR) is 98.3 cm³/mol. The fourth-order valence-electron chi connectivity index (χ4n) is 3.78. The second-order valence-corrected chi connectivity index (χ2v) is 6.57. The molecule has 0 bridgehead atoms. The largest absolute Gasteiger partial charge is 0.358 e. The van der Waals surface area contributed by atoms with Crippen LogP contribution in [0.5, 0.6) is 0 Å². The van der Waals surface area contributed by atoms with Gasteiger partial charge in [0.25, 0.3) is 0 Å². The molecule has 0 fully saturated rings. The van der Waals surface area contributed by atoms with Gasteiger partial charge in [-0.15, -0.1) is 0 Å². The zero-order valence-corrected chi connectivity index (χ0v) is 13.9. The quantitative estimate of drug-likeness (QED) is 0.735. The standard InChI is InChI=1S/C21H22N2O/c1-2-14-7-3-5-9-18(14)23-21(24)15-11-12-20-17(13-15)16-8-4-6-10-19(16)22-20/h3-10,15,22H,2,11-13H2,1H3,(H,23,24). The van der Waals surface area contributed by atoms with Gasteiger partial charge < -0.3 is 10.3 Å². The number of hydrogen-bond acceptors (Lipinski definition) is 1. The van der Waals surface area contributed by atoms with Gasteiger partial charge in [-0.3, -0.25) is 4.79 Å². The molecule has 1 aliphatic rings. The van der Waals surface area contributed by atoms with Gasteiger partial charge in [0.05, 0.1) is 0 Å². The highest BCUT2D eigenvalue weighted by Crippen LogP contribution is 2.32. The molecule has 3 heteroatoms. The van der Waals surface area contributed by atoms with E-state index in [9.17, 15) is 4.79 Å². The highest BCUT2D eigenvalue weighted by Gasteiger charge is 2.27. The molecule has 1 amide bonds. The summed E-state index contributed by atoms with van der Waals surface area (Å²) in [5.74, 6) is 0.188. The Labute approximate surface area is 142 Å². The van der Waals surface area contributed by atoms with Gasteiger partial charge in [-0.05, 0) is 48.9 Å². The maximum atomic E-state index is 12.8. The normalized spacial score (nSPS) is 16.8. The molecule has 3 nitrogen and oxygen atoms in total. The number of H-pyrrole nitrogens is 1. The van der Waals surface area contributed by atoms with Crippen LogP contribution < -0.4 is 5.32 Å². The van der Waals surface area contributed by atoms with Crippen LogP contribution in [0.3, 0.4) is 0 Å². The SMILES string of the molecule is CCc1ccccc1NC(=O)C1CCc2[nH]c3ccccc3c2C1. The summed E-state index contributed by atoms with van der Waals surface area (Å²) in [4.78, 5) is 16.3. The average Bonchev–Trinajstić information content (AvgIpc) is 3.00. The number of hydrogen-bond donors (Lipinski definition) is 2. The number of carbonyl (C=O) groups is 1. The number of nitrogens with one attached hydrogen (secondary N) is 2. The second-order valence-electron chi connectivity index (χ2n) is 6.57. The maximum absolute atomic E-state index is 12.8. The Balaban J connectivity index is 1.57. The topological polar surface area (TPSA) is 44.9 Å². The number of benzene rings is 2. The lowest BCUT2D eigenvalue weighted by atomic mass is 9.85. The fraction of sp³-hybridized carbons (Fsp3) is 0.286. The van der Waals surface area contributed by atoms with Crippen molar-refractivity contribution in [2.45, 2.75) is 32.6 Å². The van der Waals surface area contributed by atoms with Gasteiger partial charge in [0.2, 0.25) is 5.91 Å². The number of aryl methyl sites for hydroxylation is 2. The number of amides is 1. The number of aromatic amines is 1. The van der Waals surface area contributed by atoms with E-state index in [2.05, 4.69) is 47.6 Å². The fourth-order valence-corrected chi connectivity index (χ4v) is 3.78. The lowest BCUT2D eigenvalue weighted by Gasteiger charge is -2.22. The van der Waals surface area contributed by atoms with Gasteiger partial charge in [0.15, 0.2) is 0 Å². The van der Waals surface area contributed by atoms with Crippen molar-refractivity contribution in [1.29, 1.82) is 0 Å². The smallest absolute Gasteiger partial charge is 0.227 e. The Hall–Kier alpha value is -2.55. The second kappa shape index (κ2) is 6.16. The summed E-state index contributed by atoms with van der Waals surface area (Å²) in [7, 11) is 0. The number of rotatable bonds is 3. The molecule has 0 saturated carbocycles. The third-order valence-corrected chi connectivity index (χ3v) is 5.12. The van der Waals surface area contributed by atoms with Crippen molar-refractivity contribution >= 4 is 22.5 Å². The molecule has 24 heavy (non-hydrogen) atoms. The zero-order chi connectivity index (χ0) is 16.5. The Bertz CT molecular complexity index is 894. The van der Waals surface area contributed by atoms with E-state index in [1.807, 2.05) is 18.2 Å². The van der Waals surface area contributed by atoms with E-state index < -0.39 is 0 Å². The van der Waals surface area contributed by atoms with Gasteiger partial charge >= 0.3 is 0 Å². The molecule has 0 spiro atoms. The van der Waals surface area contributed by atoms with E-state index in [0.29, 0.717) is 0 Å². The van der Waals surface area contributed by atoms with E-state index in [1.165, 1.54) is 27.7 Å². The minimum absolute atomic E-state index is 0.0432. The summed E-state index contributed by atoms with van der Waals surface area (Å²) >= 11 is 0. The maximum Gasteiger partial charge on any atom is 0.227 e. The van der Waals surface area contributed by atoms with Gasteiger partial charge in [0.1, 0.15) is 0 Å².